The zero-order chi connectivity index (χ0) is 21.5. The van der Waals surface area contributed by atoms with Crippen molar-refractivity contribution in [1.29, 1.82) is 0 Å². The number of quaternary nitrogens is 1. The Morgan fingerprint density at radius 2 is 1.83 bits per heavy atom. The predicted octanol–water partition coefficient (Wildman–Crippen LogP) is 4.08. The second kappa shape index (κ2) is 10.7. The molecule has 1 aliphatic rings. The number of hydrogen-bond acceptors (Lipinski definition) is 4. The molecule has 1 aromatic heterocycles. The quantitative estimate of drug-likeness (QED) is 0.622. The number of aryl methyl sites for hydroxylation is 1. The third kappa shape index (κ3) is 5.49. The first-order chi connectivity index (χ1) is 14.5. The minimum absolute atomic E-state index is 0.0414. The number of likely N-dealkylation sites (N-methyl/N-ethyl adjacent to an activating group) is 1. The zero-order valence-corrected chi connectivity index (χ0v) is 19.1. The second-order valence-electron chi connectivity index (χ2n) is 8.01. The van der Waals surface area contributed by atoms with E-state index in [-0.39, 0.29) is 5.91 Å². The molecule has 30 heavy (non-hydrogen) atoms. The Morgan fingerprint density at radius 1 is 1.13 bits per heavy atom. The van der Waals surface area contributed by atoms with Gasteiger partial charge in [-0.05, 0) is 52.0 Å². The van der Waals surface area contributed by atoms with E-state index in [9.17, 15) is 9.59 Å². The summed E-state index contributed by atoms with van der Waals surface area (Å²) in [6, 6.07) is 8.60. The van der Waals surface area contributed by atoms with Crippen molar-refractivity contribution in [3.8, 4) is 11.1 Å². The summed E-state index contributed by atoms with van der Waals surface area (Å²) in [5.74, 6) is -0.433. The van der Waals surface area contributed by atoms with Crippen LogP contribution >= 0.6 is 11.3 Å². The highest BCUT2D eigenvalue weighted by molar-refractivity contribution is 7.15. The Morgan fingerprint density at radius 3 is 2.47 bits per heavy atom. The number of amides is 1. The van der Waals surface area contributed by atoms with E-state index in [1.807, 2.05) is 36.6 Å². The van der Waals surface area contributed by atoms with E-state index in [2.05, 4.69) is 12.2 Å². The summed E-state index contributed by atoms with van der Waals surface area (Å²) in [6.45, 7) is 7.62. The largest absolute Gasteiger partial charge is 0.462 e. The molecule has 0 radical (unpaired) electrons. The van der Waals surface area contributed by atoms with Gasteiger partial charge in [-0.2, -0.15) is 0 Å². The summed E-state index contributed by atoms with van der Waals surface area (Å²) in [4.78, 5) is 26.9. The molecule has 2 aromatic rings. The molecule has 1 unspecified atom stereocenters. The van der Waals surface area contributed by atoms with Crippen molar-refractivity contribution in [3.63, 3.8) is 0 Å². The number of carbonyl (C=O) groups is 2. The second-order valence-corrected chi connectivity index (χ2v) is 8.89. The number of hydrogen-bond donors (Lipinski definition) is 2. The van der Waals surface area contributed by atoms with Crippen molar-refractivity contribution < 1.29 is 19.2 Å². The molecule has 1 fully saturated rings. The molecule has 0 bridgehead atoms. The van der Waals surface area contributed by atoms with Crippen molar-refractivity contribution in [3.05, 3.63) is 40.8 Å². The zero-order valence-electron chi connectivity index (χ0n) is 18.3. The van der Waals surface area contributed by atoms with Crippen LogP contribution in [0, 0.1) is 6.92 Å². The van der Waals surface area contributed by atoms with Gasteiger partial charge in [-0.3, -0.25) is 4.79 Å². The third-order valence-corrected chi connectivity index (χ3v) is 6.81. The number of nitrogens with one attached hydrogen (secondary N) is 2. The molecule has 1 aliphatic carbocycles. The van der Waals surface area contributed by atoms with Crippen LogP contribution in [0.25, 0.3) is 11.1 Å². The van der Waals surface area contributed by atoms with Crippen LogP contribution in [0.4, 0.5) is 5.00 Å². The van der Waals surface area contributed by atoms with E-state index in [1.165, 1.54) is 48.3 Å². The Kier molecular flexibility index (Phi) is 8.05. The number of esters is 1. The monoisotopic (exact) mass is 429 g/mol. The van der Waals surface area contributed by atoms with Crippen LogP contribution in [0.2, 0.25) is 0 Å². The highest BCUT2D eigenvalue weighted by Crippen LogP contribution is 2.36. The van der Waals surface area contributed by atoms with Gasteiger partial charge in [-0.25, -0.2) is 4.79 Å². The number of benzene rings is 1. The molecule has 1 heterocycles. The molecule has 1 amide bonds. The molecule has 5 nitrogen and oxygen atoms in total. The van der Waals surface area contributed by atoms with E-state index >= 15 is 0 Å². The van der Waals surface area contributed by atoms with Crippen LogP contribution in [0.3, 0.4) is 0 Å². The van der Waals surface area contributed by atoms with E-state index in [4.69, 9.17) is 4.74 Å². The average Bonchev–Trinajstić information content (AvgIpc) is 3.16. The maximum atomic E-state index is 12.9. The van der Waals surface area contributed by atoms with E-state index in [1.54, 1.807) is 6.92 Å². The van der Waals surface area contributed by atoms with Gasteiger partial charge in [0.1, 0.15) is 10.6 Å². The summed E-state index contributed by atoms with van der Waals surface area (Å²) in [7, 11) is 0. The molecule has 0 spiro atoms. The summed E-state index contributed by atoms with van der Waals surface area (Å²) in [5.41, 5.74) is 3.37. The predicted molar refractivity (Wildman–Crippen MR) is 122 cm³/mol. The molecule has 0 aliphatic heterocycles. The van der Waals surface area contributed by atoms with Crippen molar-refractivity contribution in [2.45, 2.75) is 58.9 Å². The molecular formula is C24H33N2O3S+. The summed E-state index contributed by atoms with van der Waals surface area (Å²) in [5, 5.41) is 5.52. The van der Waals surface area contributed by atoms with Gasteiger partial charge < -0.3 is 15.0 Å². The molecule has 0 saturated heterocycles. The van der Waals surface area contributed by atoms with Gasteiger partial charge >= 0.3 is 5.97 Å². The summed E-state index contributed by atoms with van der Waals surface area (Å²) in [6.07, 6.45) is 6.21. The lowest BCUT2D eigenvalue weighted by Gasteiger charge is -2.30. The SMILES string of the molecule is CCOC(=O)c1c(-c2ccc(C)cc2)csc1NC(=O)C[NH+](CC)C1CCCCC1. The third-order valence-electron chi connectivity index (χ3n) is 5.91. The average molecular weight is 430 g/mol. The van der Waals surface area contributed by atoms with Crippen LogP contribution in [0.5, 0.6) is 0 Å². The number of anilines is 1. The summed E-state index contributed by atoms with van der Waals surface area (Å²) < 4.78 is 5.30. The smallest absolute Gasteiger partial charge is 0.341 e. The van der Waals surface area contributed by atoms with Crippen molar-refractivity contribution in [1.82, 2.24) is 0 Å². The maximum absolute atomic E-state index is 12.9. The van der Waals surface area contributed by atoms with Gasteiger partial charge in [0.2, 0.25) is 0 Å². The lowest BCUT2D eigenvalue weighted by molar-refractivity contribution is -0.917. The molecule has 162 valence electrons. The number of rotatable bonds is 8. The first-order valence-corrected chi connectivity index (χ1v) is 11.9. The highest BCUT2D eigenvalue weighted by Gasteiger charge is 2.27. The van der Waals surface area contributed by atoms with Crippen LogP contribution in [0.15, 0.2) is 29.6 Å². The summed E-state index contributed by atoms with van der Waals surface area (Å²) >= 11 is 1.39. The fraction of sp³-hybridized carbons (Fsp3) is 0.500. The van der Waals surface area contributed by atoms with Crippen LogP contribution in [-0.4, -0.2) is 37.6 Å². The molecule has 1 aromatic carbocycles. The molecule has 6 heteroatoms. The number of ether oxygens (including phenoxy) is 1. The van der Waals surface area contributed by atoms with Gasteiger partial charge in [0.05, 0.1) is 19.2 Å². The Balaban J connectivity index is 1.79. The minimum Gasteiger partial charge on any atom is -0.462 e. The van der Waals surface area contributed by atoms with Crippen molar-refractivity contribution >= 4 is 28.2 Å². The molecule has 1 saturated carbocycles. The topological polar surface area (TPSA) is 59.8 Å². The number of thiophene rings is 1. The van der Waals surface area contributed by atoms with Gasteiger partial charge in [-0.15, -0.1) is 11.3 Å². The van der Waals surface area contributed by atoms with Gasteiger partial charge in [0, 0.05) is 10.9 Å². The van der Waals surface area contributed by atoms with Gasteiger partial charge in [-0.1, -0.05) is 36.2 Å². The van der Waals surface area contributed by atoms with Gasteiger partial charge in [0.25, 0.3) is 5.91 Å². The van der Waals surface area contributed by atoms with E-state index in [0.29, 0.717) is 29.8 Å². The molecular weight excluding hydrogens is 396 g/mol. The lowest BCUT2D eigenvalue weighted by Crippen LogP contribution is -3.16. The normalized spacial score (nSPS) is 15.6. The standard InChI is InChI=1S/C24H32N2O3S/c1-4-26(19-9-7-6-8-10-19)15-21(27)25-23-22(24(28)29-5-2)20(16-30-23)18-13-11-17(3)12-14-18/h11-14,16,19H,4-10,15H2,1-3H3,(H,25,27)/p+1. The Labute approximate surface area is 183 Å². The highest BCUT2D eigenvalue weighted by atomic mass is 32.1. The maximum Gasteiger partial charge on any atom is 0.341 e. The van der Waals surface area contributed by atoms with Crippen LogP contribution in [0.1, 0.15) is 61.9 Å². The van der Waals surface area contributed by atoms with Gasteiger partial charge in [0.15, 0.2) is 6.54 Å². The van der Waals surface area contributed by atoms with Crippen molar-refractivity contribution in [2.75, 3.05) is 25.0 Å². The first-order valence-electron chi connectivity index (χ1n) is 11.0. The molecule has 2 N–H and O–H groups in total. The van der Waals surface area contributed by atoms with E-state index in [0.717, 1.165) is 23.2 Å². The Bertz CT molecular complexity index is 854. The number of carbonyl (C=O) groups excluding carboxylic acids is 2. The lowest BCUT2D eigenvalue weighted by atomic mass is 9.94. The van der Waals surface area contributed by atoms with Crippen LogP contribution in [-0.2, 0) is 9.53 Å². The minimum atomic E-state index is -0.392. The Hall–Kier alpha value is -2.18. The first kappa shape index (κ1) is 22.5. The van der Waals surface area contributed by atoms with E-state index < -0.39 is 5.97 Å². The van der Waals surface area contributed by atoms with Crippen molar-refractivity contribution in [2.24, 2.45) is 0 Å². The molecule has 1 atom stereocenters. The molecule has 3 rings (SSSR count). The fourth-order valence-electron chi connectivity index (χ4n) is 4.25. The van der Waals surface area contributed by atoms with Crippen LogP contribution < -0.4 is 10.2 Å². The fourth-order valence-corrected chi connectivity index (χ4v) is 5.22.